The Kier molecular flexibility index (Phi) is 5.16. The average Bonchev–Trinajstić information content (AvgIpc) is 2.66. The van der Waals surface area contributed by atoms with Crippen LogP contribution in [0.5, 0.6) is 0 Å². The maximum Gasteiger partial charge on any atom is 0.309 e. The van der Waals surface area contributed by atoms with E-state index in [4.69, 9.17) is 4.74 Å². The van der Waals surface area contributed by atoms with E-state index in [1.807, 2.05) is 29.2 Å². The van der Waals surface area contributed by atoms with Gasteiger partial charge in [0.05, 0.1) is 13.5 Å². The molecule has 1 fully saturated rings. The second kappa shape index (κ2) is 7.08. The summed E-state index contributed by atoms with van der Waals surface area (Å²) in [5.74, 6) is -0.0324. The number of rotatable bonds is 4. The largest absolute Gasteiger partial charge is 0.469 e. The summed E-state index contributed by atoms with van der Waals surface area (Å²) in [6, 6.07) is 7.76. The summed E-state index contributed by atoms with van der Waals surface area (Å²) >= 11 is 0. The van der Waals surface area contributed by atoms with E-state index in [2.05, 4.69) is 0 Å². The van der Waals surface area contributed by atoms with Crippen LogP contribution in [0.1, 0.15) is 36.8 Å². The van der Waals surface area contributed by atoms with Crippen molar-refractivity contribution in [2.24, 2.45) is 0 Å². The number of benzene rings is 1. The van der Waals surface area contributed by atoms with Gasteiger partial charge in [-0.2, -0.15) is 0 Å². The monoisotopic (exact) mass is 275 g/mol. The predicted molar refractivity (Wildman–Crippen MR) is 76.0 cm³/mol. The van der Waals surface area contributed by atoms with Crippen LogP contribution in [0.15, 0.2) is 24.3 Å². The van der Waals surface area contributed by atoms with Crippen LogP contribution in [-0.4, -0.2) is 30.4 Å². The van der Waals surface area contributed by atoms with Crippen molar-refractivity contribution in [3.8, 4) is 0 Å². The lowest BCUT2D eigenvalue weighted by atomic mass is 10.0. The normalized spacial score (nSPS) is 15.8. The predicted octanol–water partition coefficient (Wildman–Crippen LogP) is 2.30. The molecule has 1 aliphatic heterocycles. The molecule has 1 heterocycles. The number of nitrogens with zero attached hydrogens (tertiary/aromatic N) is 1. The number of amides is 1. The van der Waals surface area contributed by atoms with E-state index in [-0.39, 0.29) is 18.3 Å². The fourth-order valence-electron chi connectivity index (χ4n) is 2.52. The summed E-state index contributed by atoms with van der Waals surface area (Å²) < 4.78 is 4.72. The molecule has 0 aliphatic carbocycles. The number of carbonyl (C=O) groups excluding carboxylic acids is 2. The molecule has 0 bridgehead atoms. The molecule has 0 atom stereocenters. The van der Waals surface area contributed by atoms with Crippen molar-refractivity contribution in [3.05, 3.63) is 35.4 Å². The number of ether oxygens (including phenoxy) is 1. The second-order valence-corrected chi connectivity index (χ2v) is 5.15. The lowest BCUT2D eigenvalue weighted by molar-refractivity contribution is -0.139. The first kappa shape index (κ1) is 14.6. The van der Waals surface area contributed by atoms with Crippen LogP contribution >= 0.6 is 0 Å². The highest BCUT2D eigenvalue weighted by molar-refractivity contribution is 5.76. The number of esters is 1. The summed E-state index contributed by atoms with van der Waals surface area (Å²) in [7, 11) is 1.39. The maximum absolute atomic E-state index is 12.0. The Bertz CT molecular complexity index is 484. The van der Waals surface area contributed by atoms with Crippen molar-refractivity contribution < 1.29 is 14.3 Å². The maximum atomic E-state index is 12.0. The van der Waals surface area contributed by atoms with Gasteiger partial charge in [-0.25, -0.2) is 0 Å². The minimum atomic E-state index is -0.250. The lowest BCUT2D eigenvalue weighted by Gasteiger charge is -2.22. The van der Waals surface area contributed by atoms with Gasteiger partial charge in [0.2, 0.25) is 5.91 Å². The Hall–Kier alpha value is -1.84. The molecule has 0 aromatic heterocycles. The molecule has 4 heteroatoms. The topological polar surface area (TPSA) is 46.6 Å². The third kappa shape index (κ3) is 3.83. The first-order valence-electron chi connectivity index (χ1n) is 7.12. The van der Waals surface area contributed by atoms with Crippen molar-refractivity contribution in [1.82, 2.24) is 4.90 Å². The number of methoxy groups -OCH3 is 1. The zero-order chi connectivity index (χ0) is 14.4. The first-order valence-corrected chi connectivity index (χ1v) is 7.12. The molecule has 0 saturated carbocycles. The third-order valence-corrected chi connectivity index (χ3v) is 3.71. The molecule has 0 N–H and O–H groups in total. The van der Waals surface area contributed by atoms with Crippen LogP contribution in [-0.2, 0) is 27.3 Å². The zero-order valence-electron chi connectivity index (χ0n) is 11.9. The van der Waals surface area contributed by atoms with Gasteiger partial charge in [-0.05, 0) is 24.0 Å². The Morgan fingerprint density at radius 3 is 2.70 bits per heavy atom. The summed E-state index contributed by atoms with van der Waals surface area (Å²) in [4.78, 5) is 25.4. The van der Waals surface area contributed by atoms with Gasteiger partial charge >= 0.3 is 5.97 Å². The van der Waals surface area contributed by atoms with Crippen LogP contribution in [0.25, 0.3) is 0 Å². The van der Waals surface area contributed by atoms with Crippen molar-refractivity contribution in [2.45, 2.75) is 38.6 Å². The van der Waals surface area contributed by atoms with Gasteiger partial charge in [-0.15, -0.1) is 0 Å². The van der Waals surface area contributed by atoms with Gasteiger partial charge in [0, 0.05) is 19.5 Å². The van der Waals surface area contributed by atoms with Crippen LogP contribution < -0.4 is 0 Å². The smallest absolute Gasteiger partial charge is 0.309 e. The van der Waals surface area contributed by atoms with E-state index < -0.39 is 0 Å². The molecule has 1 aliphatic rings. The van der Waals surface area contributed by atoms with Crippen molar-refractivity contribution in [1.29, 1.82) is 0 Å². The minimum absolute atomic E-state index is 0.218. The highest BCUT2D eigenvalue weighted by Gasteiger charge is 2.18. The van der Waals surface area contributed by atoms with Gasteiger partial charge in [-0.1, -0.05) is 30.7 Å². The average molecular weight is 275 g/mol. The van der Waals surface area contributed by atoms with E-state index >= 15 is 0 Å². The third-order valence-electron chi connectivity index (χ3n) is 3.71. The molecule has 4 nitrogen and oxygen atoms in total. The zero-order valence-corrected chi connectivity index (χ0v) is 11.9. The van der Waals surface area contributed by atoms with Crippen LogP contribution in [0.4, 0.5) is 0 Å². The molecule has 1 aromatic carbocycles. The molecule has 0 radical (unpaired) electrons. The fourth-order valence-corrected chi connectivity index (χ4v) is 2.52. The van der Waals surface area contributed by atoms with E-state index in [0.29, 0.717) is 13.0 Å². The van der Waals surface area contributed by atoms with Gasteiger partial charge in [0.15, 0.2) is 0 Å². The number of carbonyl (C=O) groups is 2. The van der Waals surface area contributed by atoms with Crippen molar-refractivity contribution >= 4 is 11.9 Å². The first-order chi connectivity index (χ1) is 9.70. The van der Waals surface area contributed by atoms with Gasteiger partial charge in [0.1, 0.15) is 0 Å². The highest BCUT2D eigenvalue weighted by Crippen LogP contribution is 2.17. The molecule has 2 rings (SSSR count). The molecular weight excluding hydrogens is 254 g/mol. The van der Waals surface area contributed by atoms with Crippen LogP contribution in [0.3, 0.4) is 0 Å². The van der Waals surface area contributed by atoms with E-state index in [1.54, 1.807) is 0 Å². The number of hydrogen-bond acceptors (Lipinski definition) is 3. The standard InChI is InChI=1S/C16H21NO3/c1-20-16(19)11-13-7-4-5-8-14(13)12-17-10-6-2-3-9-15(17)18/h4-5,7-8H,2-3,6,9-12H2,1H3. The summed E-state index contributed by atoms with van der Waals surface area (Å²) in [6.07, 6.45) is 4.06. The minimum Gasteiger partial charge on any atom is -0.469 e. The van der Waals surface area contributed by atoms with Crippen LogP contribution in [0.2, 0.25) is 0 Å². The highest BCUT2D eigenvalue weighted by atomic mass is 16.5. The number of hydrogen-bond donors (Lipinski definition) is 0. The molecule has 1 amide bonds. The molecule has 1 saturated heterocycles. The number of likely N-dealkylation sites (tertiary alicyclic amines) is 1. The molecule has 20 heavy (non-hydrogen) atoms. The van der Waals surface area contributed by atoms with Crippen molar-refractivity contribution in [3.63, 3.8) is 0 Å². The molecule has 0 unspecified atom stereocenters. The molecular formula is C16H21NO3. The van der Waals surface area contributed by atoms with Gasteiger partial charge in [-0.3, -0.25) is 9.59 Å². The molecule has 108 valence electrons. The summed E-state index contributed by atoms with van der Waals surface area (Å²) in [6.45, 7) is 1.40. The SMILES string of the molecule is COC(=O)Cc1ccccc1CN1CCCCCC1=O. The van der Waals surface area contributed by atoms with Gasteiger partial charge in [0.25, 0.3) is 0 Å². The van der Waals surface area contributed by atoms with Gasteiger partial charge < -0.3 is 9.64 Å². The lowest BCUT2D eigenvalue weighted by Crippen LogP contribution is -2.30. The van der Waals surface area contributed by atoms with E-state index in [1.165, 1.54) is 7.11 Å². The molecule has 1 aromatic rings. The Balaban J connectivity index is 2.11. The van der Waals surface area contributed by atoms with E-state index in [9.17, 15) is 9.59 Å². The Labute approximate surface area is 119 Å². The fraction of sp³-hybridized carbons (Fsp3) is 0.500. The second-order valence-electron chi connectivity index (χ2n) is 5.15. The quantitative estimate of drug-likeness (QED) is 0.792. The van der Waals surface area contributed by atoms with Crippen molar-refractivity contribution in [2.75, 3.05) is 13.7 Å². The summed E-state index contributed by atoms with van der Waals surface area (Å²) in [5, 5.41) is 0. The van der Waals surface area contributed by atoms with E-state index in [0.717, 1.165) is 36.9 Å². The van der Waals surface area contributed by atoms with Crippen LogP contribution in [0, 0.1) is 0 Å². The Morgan fingerprint density at radius 1 is 1.20 bits per heavy atom. The molecule has 0 spiro atoms. The Morgan fingerprint density at radius 2 is 1.95 bits per heavy atom. The summed E-state index contributed by atoms with van der Waals surface area (Å²) in [5.41, 5.74) is 1.98.